The zero-order valence-corrected chi connectivity index (χ0v) is 15.6. The van der Waals surface area contributed by atoms with Crippen LogP contribution in [0.4, 0.5) is 11.5 Å². The number of fused-ring (bicyclic) bond motifs is 1. The molecule has 10 heteroatoms. The first kappa shape index (κ1) is 17.7. The molecule has 0 spiro atoms. The monoisotopic (exact) mass is 372 g/mol. The van der Waals surface area contributed by atoms with E-state index in [1.54, 1.807) is 18.0 Å². The molecule has 4 heterocycles. The molecule has 0 aromatic carbocycles. The van der Waals surface area contributed by atoms with Crippen LogP contribution >= 0.6 is 0 Å². The summed E-state index contributed by atoms with van der Waals surface area (Å²) in [5, 5.41) is 4.28. The molecule has 0 bridgehead atoms. The molecule has 0 amide bonds. The number of ether oxygens (including phenoxy) is 2. The summed E-state index contributed by atoms with van der Waals surface area (Å²) < 4.78 is 14.6. The maximum Gasteiger partial charge on any atom is 0.164 e. The molecule has 4 rings (SSSR count). The highest BCUT2D eigenvalue weighted by Crippen LogP contribution is 2.32. The van der Waals surface area contributed by atoms with Gasteiger partial charge in [0, 0.05) is 46.1 Å². The van der Waals surface area contributed by atoms with Gasteiger partial charge in [-0.15, -0.1) is 0 Å². The van der Waals surface area contributed by atoms with E-state index in [4.69, 9.17) is 20.3 Å². The Balaban J connectivity index is 1.91. The number of nitrogens with two attached hydrogens (primary N) is 1. The number of hydrazine groups is 1. The second-order valence-electron chi connectivity index (χ2n) is 6.43. The van der Waals surface area contributed by atoms with Crippen LogP contribution in [0.2, 0.25) is 0 Å². The summed E-state index contributed by atoms with van der Waals surface area (Å²) in [6, 6.07) is 1.94. The van der Waals surface area contributed by atoms with Crippen LogP contribution in [0.1, 0.15) is 0 Å². The van der Waals surface area contributed by atoms with Crippen molar-refractivity contribution in [2.45, 2.75) is 6.54 Å². The van der Waals surface area contributed by atoms with Crippen molar-refractivity contribution >= 4 is 22.7 Å². The summed E-state index contributed by atoms with van der Waals surface area (Å²) in [6.07, 6.45) is 3.75. The van der Waals surface area contributed by atoms with Gasteiger partial charge in [-0.1, -0.05) is 0 Å². The predicted octanol–water partition coefficient (Wildman–Crippen LogP) is 0.600. The second kappa shape index (κ2) is 7.51. The lowest BCUT2D eigenvalue weighted by molar-refractivity contribution is 0.123. The number of methoxy groups -OCH3 is 1. The highest BCUT2D eigenvalue weighted by Gasteiger charge is 2.22. The first-order valence-electron chi connectivity index (χ1n) is 8.90. The highest BCUT2D eigenvalue weighted by atomic mass is 16.5. The van der Waals surface area contributed by atoms with E-state index in [0.717, 1.165) is 41.3 Å². The van der Waals surface area contributed by atoms with Crippen LogP contribution in [0, 0.1) is 0 Å². The quantitative estimate of drug-likeness (QED) is 0.478. The van der Waals surface area contributed by atoms with Gasteiger partial charge in [0.1, 0.15) is 17.2 Å². The number of aromatic nitrogens is 5. The number of hydrogen-bond acceptors (Lipinski definition) is 8. The fraction of sp³-hybridized carbons (Fsp3) is 0.471. The van der Waals surface area contributed by atoms with Crippen molar-refractivity contribution in [1.82, 2.24) is 24.3 Å². The molecule has 144 valence electrons. The number of anilines is 2. The zero-order chi connectivity index (χ0) is 18.8. The van der Waals surface area contributed by atoms with Crippen molar-refractivity contribution in [2.24, 2.45) is 12.9 Å². The number of nitrogen functional groups attached to an aromatic ring is 1. The molecule has 3 aromatic heterocycles. The SMILES string of the molecule is COCCn1c(-c2cnn(C)c2)nc2c(N3CCOCC3)cc(NN)nc21. The lowest BCUT2D eigenvalue weighted by Gasteiger charge is -2.29. The first-order valence-corrected chi connectivity index (χ1v) is 8.90. The minimum atomic E-state index is 0.549. The Hall–Kier alpha value is -2.69. The van der Waals surface area contributed by atoms with Gasteiger partial charge in [-0.25, -0.2) is 15.8 Å². The van der Waals surface area contributed by atoms with Gasteiger partial charge >= 0.3 is 0 Å². The van der Waals surface area contributed by atoms with E-state index in [0.29, 0.717) is 32.2 Å². The molecule has 0 aliphatic carbocycles. The van der Waals surface area contributed by atoms with E-state index in [9.17, 15) is 0 Å². The van der Waals surface area contributed by atoms with Crippen molar-refractivity contribution in [3.8, 4) is 11.4 Å². The maximum absolute atomic E-state index is 5.69. The highest BCUT2D eigenvalue weighted by molar-refractivity contribution is 5.91. The van der Waals surface area contributed by atoms with Crippen LogP contribution in [-0.4, -0.2) is 64.3 Å². The molecule has 10 nitrogen and oxygen atoms in total. The maximum atomic E-state index is 5.69. The van der Waals surface area contributed by atoms with Gasteiger partial charge in [0.25, 0.3) is 0 Å². The van der Waals surface area contributed by atoms with E-state index < -0.39 is 0 Å². The van der Waals surface area contributed by atoms with E-state index in [-0.39, 0.29) is 0 Å². The number of pyridine rings is 1. The molecule has 1 aliphatic rings. The fourth-order valence-electron chi connectivity index (χ4n) is 3.34. The predicted molar refractivity (Wildman–Crippen MR) is 102 cm³/mol. The number of nitrogens with one attached hydrogen (secondary N) is 1. The summed E-state index contributed by atoms with van der Waals surface area (Å²) in [5.74, 6) is 7.10. The topological polar surface area (TPSA) is 108 Å². The van der Waals surface area contributed by atoms with E-state index >= 15 is 0 Å². The van der Waals surface area contributed by atoms with Crippen molar-refractivity contribution in [2.75, 3.05) is 50.3 Å². The van der Waals surface area contributed by atoms with E-state index in [1.807, 2.05) is 19.3 Å². The van der Waals surface area contributed by atoms with Crippen molar-refractivity contribution in [1.29, 1.82) is 0 Å². The van der Waals surface area contributed by atoms with Crippen LogP contribution in [0.3, 0.4) is 0 Å². The molecule has 1 aliphatic heterocycles. The number of aryl methyl sites for hydroxylation is 1. The Labute approximate surface area is 156 Å². The number of morpholine rings is 1. The normalized spacial score (nSPS) is 14.9. The molecular formula is C17H24N8O2. The van der Waals surface area contributed by atoms with Gasteiger partial charge in [-0.05, 0) is 0 Å². The van der Waals surface area contributed by atoms with Crippen LogP contribution in [0.15, 0.2) is 18.5 Å². The Morgan fingerprint density at radius 3 is 2.78 bits per heavy atom. The van der Waals surface area contributed by atoms with Gasteiger partial charge in [-0.2, -0.15) is 5.10 Å². The second-order valence-corrected chi connectivity index (χ2v) is 6.43. The van der Waals surface area contributed by atoms with E-state index in [2.05, 4.69) is 25.0 Å². The third-order valence-corrected chi connectivity index (χ3v) is 4.67. The van der Waals surface area contributed by atoms with Crippen LogP contribution in [0.25, 0.3) is 22.6 Å². The summed E-state index contributed by atoms with van der Waals surface area (Å²) >= 11 is 0. The first-order chi connectivity index (χ1) is 13.2. The fourth-order valence-corrected chi connectivity index (χ4v) is 3.34. The van der Waals surface area contributed by atoms with Crippen molar-refractivity contribution < 1.29 is 9.47 Å². The van der Waals surface area contributed by atoms with Crippen LogP contribution in [0.5, 0.6) is 0 Å². The third-order valence-electron chi connectivity index (χ3n) is 4.67. The standard InChI is InChI=1S/C17H24N8O2/c1-23-11-12(10-19-23)16-21-15-13(24-3-7-27-8-4-24)9-14(22-18)20-17(15)25(16)5-6-26-2/h9-11H,3-8,18H2,1-2H3,(H,20,22). The lowest BCUT2D eigenvalue weighted by Crippen LogP contribution is -2.36. The minimum Gasteiger partial charge on any atom is -0.383 e. The molecule has 0 radical (unpaired) electrons. The summed E-state index contributed by atoms with van der Waals surface area (Å²) in [7, 11) is 3.57. The number of imidazole rings is 1. The van der Waals surface area contributed by atoms with Crippen LogP contribution in [-0.2, 0) is 23.1 Å². The van der Waals surface area contributed by atoms with Crippen molar-refractivity contribution in [3.63, 3.8) is 0 Å². The van der Waals surface area contributed by atoms with Gasteiger partial charge in [0.2, 0.25) is 0 Å². The Morgan fingerprint density at radius 2 is 2.11 bits per heavy atom. The number of rotatable bonds is 6. The van der Waals surface area contributed by atoms with Gasteiger partial charge in [0.05, 0.1) is 37.3 Å². The molecular weight excluding hydrogens is 348 g/mol. The number of hydrogen-bond donors (Lipinski definition) is 2. The molecule has 1 saturated heterocycles. The summed E-state index contributed by atoms with van der Waals surface area (Å²) in [5.41, 5.74) is 6.21. The molecule has 3 N–H and O–H groups in total. The Kier molecular flexibility index (Phi) is 4.92. The average molecular weight is 372 g/mol. The Morgan fingerprint density at radius 1 is 1.30 bits per heavy atom. The number of nitrogens with zero attached hydrogens (tertiary/aromatic N) is 6. The van der Waals surface area contributed by atoms with Crippen molar-refractivity contribution in [3.05, 3.63) is 18.5 Å². The molecule has 3 aromatic rings. The average Bonchev–Trinajstić information content (AvgIpc) is 3.29. The third kappa shape index (κ3) is 3.34. The minimum absolute atomic E-state index is 0.549. The zero-order valence-electron chi connectivity index (χ0n) is 15.6. The molecule has 0 saturated carbocycles. The molecule has 0 unspecified atom stereocenters. The largest absolute Gasteiger partial charge is 0.383 e. The van der Waals surface area contributed by atoms with Crippen LogP contribution < -0.4 is 16.2 Å². The summed E-state index contributed by atoms with van der Waals surface area (Å²) in [4.78, 5) is 11.9. The van der Waals surface area contributed by atoms with E-state index in [1.165, 1.54) is 0 Å². The van der Waals surface area contributed by atoms with Gasteiger partial charge in [0.15, 0.2) is 5.65 Å². The molecule has 27 heavy (non-hydrogen) atoms. The van der Waals surface area contributed by atoms with Gasteiger partial charge in [-0.3, -0.25) is 4.68 Å². The summed E-state index contributed by atoms with van der Waals surface area (Å²) in [6.45, 7) is 4.16. The molecule has 0 atom stereocenters. The lowest BCUT2D eigenvalue weighted by atomic mass is 10.2. The molecule has 1 fully saturated rings. The van der Waals surface area contributed by atoms with Gasteiger partial charge < -0.3 is 24.4 Å². The Bertz CT molecular complexity index is 929. The smallest absolute Gasteiger partial charge is 0.164 e.